The maximum Gasteiger partial charge on any atom is 0.262 e. The highest BCUT2D eigenvalue weighted by Crippen LogP contribution is 2.28. The molecular weight excluding hydrogens is 396 g/mol. The first-order valence-electron chi connectivity index (χ1n) is 9.61. The summed E-state index contributed by atoms with van der Waals surface area (Å²) in [5.41, 5.74) is 3.97. The van der Waals surface area contributed by atoms with Crippen molar-refractivity contribution in [2.45, 2.75) is 13.3 Å². The number of amides is 1. The molecule has 6 heteroatoms. The number of carbonyl (C=O) groups is 1. The summed E-state index contributed by atoms with van der Waals surface area (Å²) in [7, 11) is 1.58. The van der Waals surface area contributed by atoms with Gasteiger partial charge in [-0.15, -0.1) is 11.3 Å². The van der Waals surface area contributed by atoms with Gasteiger partial charge in [0.25, 0.3) is 5.91 Å². The van der Waals surface area contributed by atoms with Crippen LogP contribution in [0.15, 0.2) is 66.7 Å². The van der Waals surface area contributed by atoms with E-state index in [0.29, 0.717) is 11.5 Å². The van der Waals surface area contributed by atoms with Crippen LogP contribution in [-0.4, -0.2) is 24.6 Å². The van der Waals surface area contributed by atoms with E-state index < -0.39 is 0 Å². The molecule has 1 amide bonds. The molecule has 0 unspecified atom stereocenters. The highest BCUT2D eigenvalue weighted by molar-refractivity contribution is 7.18. The van der Waals surface area contributed by atoms with E-state index >= 15 is 0 Å². The number of aromatic nitrogens is 1. The number of carbonyl (C=O) groups excluding carboxylic acids is 1. The van der Waals surface area contributed by atoms with Gasteiger partial charge in [-0.1, -0.05) is 30.3 Å². The second kappa shape index (κ2) is 8.97. The second-order valence-electron chi connectivity index (χ2n) is 6.94. The predicted molar refractivity (Wildman–Crippen MR) is 121 cm³/mol. The lowest BCUT2D eigenvalue weighted by atomic mass is 10.1. The lowest BCUT2D eigenvalue weighted by Crippen LogP contribution is -2.20. The highest BCUT2D eigenvalue weighted by Gasteiger charge is 2.09. The standard InChI is InChI=1S/C24H22N2O3S/c1-16-7-12-20(21(13-16)28-2)29-15-23(27)25-18-10-8-17(9-11-18)14-24-26-19-5-3-4-6-22(19)30-24/h3-13H,14-15H2,1-2H3,(H,25,27). The average Bonchev–Trinajstić information content (AvgIpc) is 3.16. The molecule has 5 nitrogen and oxygen atoms in total. The van der Waals surface area contributed by atoms with Crippen LogP contribution in [0.25, 0.3) is 10.2 Å². The summed E-state index contributed by atoms with van der Waals surface area (Å²) in [5, 5.41) is 3.93. The number of methoxy groups -OCH3 is 1. The molecule has 0 bridgehead atoms. The van der Waals surface area contributed by atoms with Crippen molar-refractivity contribution in [2.75, 3.05) is 19.0 Å². The number of nitrogens with one attached hydrogen (secondary N) is 1. The Hall–Kier alpha value is -3.38. The molecule has 0 radical (unpaired) electrons. The zero-order valence-electron chi connectivity index (χ0n) is 16.8. The first-order chi connectivity index (χ1) is 14.6. The Balaban J connectivity index is 1.33. The topological polar surface area (TPSA) is 60.5 Å². The van der Waals surface area contributed by atoms with Crippen molar-refractivity contribution < 1.29 is 14.3 Å². The minimum absolute atomic E-state index is 0.0904. The number of ether oxygens (including phenoxy) is 2. The van der Waals surface area contributed by atoms with Gasteiger partial charge in [0.05, 0.1) is 22.3 Å². The summed E-state index contributed by atoms with van der Waals surface area (Å²) in [4.78, 5) is 16.9. The molecule has 0 saturated heterocycles. The number of aryl methyl sites for hydroxylation is 1. The van der Waals surface area contributed by atoms with E-state index in [1.165, 1.54) is 4.70 Å². The zero-order valence-corrected chi connectivity index (χ0v) is 17.7. The Morgan fingerprint density at radius 2 is 1.83 bits per heavy atom. The molecule has 1 aromatic heterocycles. The van der Waals surface area contributed by atoms with Gasteiger partial charge in [0.2, 0.25) is 0 Å². The molecule has 0 saturated carbocycles. The zero-order chi connectivity index (χ0) is 20.9. The molecule has 0 aliphatic carbocycles. The molecule has 4 aromatic rings. The summed E-state index contributed by atoms with van der Waals surface area (Å²) >= 11 is 1.71. The number of rotatable bonds is 7. The van der Waals surface area contributed by atoms with Crippen LogP contribution in [0.3, 0.4) is 0 Å². The van der Waals surface area contributed by atoms with Gasteiger partial charge < -0.3 is 14.8 Å². The molecule has 0 fully saturated rings. The molecule has 152 valence electrons. The maximum absolute atomic E-state index is 12.2. The van der Waals surface area contributed by atoms with E-state index in [1.807, 2.05) is 61.5 Å². The summed E-state index contributed by atoms with van der Waals surface area (Å²) in [6.45, 7) is 1.88. The number of hydrogen-bond acceptors (Lipinski definition) is 5. The molecule has 1 N–H and O–H groups in total. The second-order valence-corrected chi connectivity index (χ2v) is 8.06. The first-order valence-corrected chi connectivity index (χ1v) is 10.4. The van der Waals surface area contributed by atoms with E-state index in [0.717, 1.165) is 33.8 Å². The third-order valence-electron chi connectivity index (χ3n) is 4.61. The summed E-state index contributed by atoms with van der Waals surface area (Å²) in [6, 6.07) is 21.5. The number of para-hydroxylation sites is 1. The van der Waals surface area contributed by atoms with Gasteiger partial charge in [-0.05, 0) is 54.4 Å². The van der Waals surface area contributed by atoms with Crippen LogP contribution >= 0.6 is 11.3 Å². The molecule has 3 aromatic carbocycles. The Morgan fingerprint density at radius 3 is 2.60 bits per heavy atom. The predicted octanol–water partition coefficient (Wildman–Crippen LogP) is 5.22. The number of nitrogens with zero attached hydrogens (tertiary/aromatic N) is 1. The molecule has 0 atom stereocenters. The number of fused-ring (bicyclic) bond motifs is 1. The molecular formula is C24H22N2O3S. The largest absolute Gasteiger partial charge is 0.493 e. The fraction of sp³-hybridized carbons (Fsp3) is 0.167. The fourth-order valence-corrected chi connectivity index (χ4v) is 4.11. The van der Waals surface area contributed by atoms with Crippen molar-refractivity contribution in [3.05, 3.63) is 82.9 Å². The minimum Gasteiger partial charge on any atom is -0.493 e. The Labute approximate surface area is 179 Å². The van der Waals surface area contributed by atoms with E-state index in [-0.39, 0.29) is 12.5 Å². The highest BCUT2D eigenvalue weighted by atomic mass is 32.1. The first kappa shape index (κ1) is 19.9. The van der Waals surface area contributed by atoms with E-state index in [4.69, 9.17) is 9.47 Å². The molecule has 0 spiro atoms. The van der Waals surface area contributed by atoms with Gasteiger partial charge in [0.1, 0.15) is 0 Å². The van der Waals surface area contributed by atoms with Crippen LogP contribution in [-0.2, 0) is 11.2 Å². The molecule has 0 aliphatic rings. The van der Waals surface area contributed by atoms with E-state index in [2.05, 4.69) is 16.4 Å². The monoisotopic (exact) mass is 418 g/mol. The van der Waals surface area contributed by atoms with Crippen LogP contribution in [0.4, 0.5) is 5.69 Å². The number of benzene rings is 3. The smallest absolute Gasteiger partial charge is 0.262 e. The summed E-state index contributed by atoms with van der Waals surface area (Å²) < 4.78 is 12.1. The fourth-order valence-electron chi connectivity index (χ4n) is 3.11. The molecule has 0 aliphatic heterocycles. The Bertz CT molecular complexity index is 1140. The normalized spacial score (nSPS) is 10.7. The van der Waals surface area contributed by atoms with E-state index in [1.54, 1.807) is 24.5 Å². The Kier molecular flexibility index (Phi) is 5.95. The van der Waals surface area contributed by atoms with Gasteiger partial charge in [-0.3, -0.25) is 4.79 Å². The van der Waals surface area contributed by atoms with Crippen LogP contribution < -0.4 is 14.8 Å². The molecule has 30 heavy (non-hydrogen) atoms. The van der Waals surface area contributed by atoms with Crippen LogP contribution in [0, 0.1) is 6.92 Å². The van der Waals surface area contributed by atoms with Crippen molar-refractivity contribution >= 4 is 33.1 Å². The van der Waals surface area contributed by atoms with E-state index in [9.17, 15) is 4.79 Å². The third kappa shape index (κ3) is 4.78. The number of thiazole rings is 1. The Morgan fingerprint density at radius 1 is 1.03 bits per heavy atom. The summed E-state index contributed by atoms with van der Waals surface area (Å²) in [6.07, 6.45) is 0.768. The lowest BCUT2D eigenvalue weighted by Gasteiger charge is -2.11. The van der Waals surface area contributed by atoms with Gasteiger partial charge >= 0.3 is 0 Å². The van der Waals surface area contributed by atoms with Crippen molar-refractivity contribution in [3.63, 3.8) is 0 Å². The van der Waals surface area contributed by atoms with Crippen LogP contribution in [0.2, 0.25) is 0 Å². The quantitative estimate of drug-likeness (QED) is 0.447. The SMILES string of the molecule is COc1cc(C)ccc1OCC(=O)Nc1ccc(Cc2nc3ccccc3s2)cc1. The minimum atomic E-state index is -0.225. The lowest BCUT2D eigenvalue weighted by molar-refractivity contribution is -0.118. The maximum atomic E-state index is 12.2. The number of anilines is 1. The van der Waals surface area contributed by atoms with Crippen molar-refractivity contribution in [1.82, 2.24) is 4.98 Å². The van der Waals surface area contributed by atoms with Crippen LogP contribution in [0.5, 0.6) is 11.5 Å². The van der Waals surface area contributed by atoms with Gasteiger partial charge in [-0.25, -0.2) is 4.98 Å². The average molecular weight is 419 g/mol. The van der Waals surface area contributed by atoms with Crippen LogP contribution in [0.1, 0.15) is 16.1 Å². The van der Waals surface area contributed by atoms with Crippen molar-refractivity contribution in [3.8, 4) is 11.5 Å². The number of hydrogen-bond donors (Lipinski definition) is 1. The molecule has 1 heterocycles. The molecule has 4 rings (SSSR count). The third-order valence-corrected chi connectivity index (χ3v) is 5.65. The van der Waals surface area contributed by atoms with Gasteiger partial charge in [-0.2, -0.15) is 0 Å². The van der Waals surface area contributed by atoms with Gasteiger partial charge in [0, 0.05) is 12.1 Å². The van der Waals surface area contributed by atoms with Gasteiger partial charge in [0.15, 0.2) is 18.1 Å². The van der Waals surface area contributed by atoms with Crippen molar-refractivity contribution in [1.29, 1.82) is 0 Å². The van der Waals surface area contributed by atoms with Crippen molar-refractivity contribution in [2.24, 2.45) is 0 Å². The summed E-state index contributed by atoms with van der Waals surface area (Å²) in [5.74, 6) is 0.933.